The Hall–Kier alpha value is -0.720. The predicted octanol–water partition coefficient (Wildman–Crippen LogP) is 4.49. The molecule has 1 N–H and O–H groups in total. The first-order valence-electron chi connectivity index (χ1n) is 5.12. The summed E-state index contributed by atoms with van der Waals surface area (Å²) in [5.41, 5.74) is 1.19. The van der Waals surface area contributed by atoms with E-state index in [2.05, 4.69) is 40.5 Å². The maximum Gasteiger partial charge on any atom is 0.257 e. The number of carbonyl (C=O) groups excluding carboxylic acids is 1. The van der Waals surface area contributed by atoms with Gasteiger partial charge < -0.3 is 5.32 Å². The van der Waals surface area contributed by atoms with Gasteiger partial charge in [0.15, 0.2) is 0 Å². The molecule has 92 valence electrons. The second kappa shape index (κ2) is 5.95. The summed E-state index contributed by atoms with van der Waals surface area (Å²) in [5, 5.41) is 3.24. The number of para-hydroxylation sites is 1. The molecular formula is C13H9ClINOS. The molecule has 0 heterocycles. The van der Waals surface area contributed by atoms with Gasteiger partial charge in [-0.1, -0.05) is 23.7 Å². The summed E-state index contributed by atoms with van der Waals surface area (Å²) < 4.78 is 0.974. The van der Waals surface area contributed by atoms with Crippen molar-refractivity contribution in [3.63, 3.8) is 0 Å². The van der Waals surface area contributed by atoms with Crippen LogP contribution in [0.3, 0.4) is 0 Å². The highest BCUT2D eigenvalue weighted by Gasteiger charge is 2.12. The average molecular weight is 390 g/mol. The van der Waals surface area contributed by atoms with Crippen LogP contribution in [0.15, 0.2) is 47.4 Å². The number of amides is 1. The quantitative estimate of drug-likeness (QED) is 0.575. The van der Waals surface area contributed by atoms with Crippen LogP contribution in [0, 0.1) is 3.57 Å². The summed E-state index contributed by atoms with van der Waals surface area (Å²) in [5.74, 6) is -0.236. The van der Waals surface area contributed by atoms with Gasteiger partial charge in [-0.2, -0.15) is 0 Å². The van der Waals surface area contributed by atoms with E-state index in [1.165, 1.54) is 0 Å². The third kappa shape index (κ3) is 3.18. The van der Waals surface area contributed by atoms with Crippen molar-refractivity contribution in [2.45, 2.75) is 4.90 Å². The fraction of sp³-hybridized carbons (Fsp3) is 0. The number of thiol groups is 1. The molecule has 2 aromatic carbocycles. The Bertz CT molecular complexity index is 603. The molecule has 0 unspecified atom stereocenters. The van der Waals surface area contributed by atoms with Crippen molar-refractivity contribution >= 4 is 58.4 Å². The van der Waals surface area contributed by atoms with Gasteiger partial charge in [-0.05, 0) is 52.9 Å². The van der Waals surface area contributed by atoms with E-state index < -0.39 is 0 Å². The molecule has 18 heavy (non-hydrogen) atoms. The number of hydrogen-bond acceptors (Lipinski definition) is 2. The van der Waals surface area contributed by atoms with E-state index in [1.54, 1.807) is 18.2 Å². The van der Waals surface area contributed by atoms with Gasteiger partial charge in [0, 0.05) is 8.47 Å². The molecule has 0 aliphatic rings. The van der Waals surface area contributed by atoms with Crippen molar-refractivity contribution in [1.82, 2.24) is 0 Å². The third-order valence-corrected chi connectivity index (χ3v) is 3.87. The minimum atomic E-state index is -0.236. The predicted molar refractivity (Wildman–Crippen MR) is 85.8 cm³/mol. The Morgan fingerprint density at radius 1 is 1.22 bits per heavy atom. The first-order chi connectivity index (χ1) is 8.58. The van der Waals surface area contributed by atoms with Crippen LogP contribution in [0.1, 0.15) is 10.4 Å². The first-order valence-corrected chi connectivity index (χ1v) is 7.03. The third-order valence-electron chi connectivity index (χ3n) is 2.32. The smallest absolute Gasteiger partial charge is 0.257 e. The van der Waals surface area contributed by atoms with Crippen LogP contribution in [-0.2, 0) is 0 Å². The SMILES string of the molecule is O=C(Nc1ccccc1I)c1cc(S)ccc1Cl. The van der Waals surface area contributed by atoms with Crippen LogP contribution >= 0.6 is 46.8 Å². The molecule has 0 atom stereocenters. The zero-order valence-electron chi connectivity index (χ0n) is 9.15. The van der Waals surface area contributed by atoms with E-state index in [1.807, 2.05) is 24.3 Å². The zero-order chi connectivity index (χ0) is 13.1. The van der Waals surface area contributed by atoms with Crippen molar-refractivity contribution in [2.75, 3.05) is 5.32 Å². The maximum atomic E-state index is 12.1. The van der Waals surface area contributed by atoms with E-state index in [9.17, 15) is 4.79 Å². The molecule has 0 aromatic heterocycles. The molecule has 0 radical (unpaired) electrons. The van der Waals surface area contributed by atoms with E-state index in [0.717, 1.165) is 9.26 Å². The van der Waals surface area contributed by atoms with Gasteiger partial charge in [-0.25, -0.2) is 0 Å². The van der Waals surface area contributed by atoms with E-state index in [-0.39, 0.29) is 5.91 Å². The fourth-order valence-electron chi connectivity index (χ4n) is 1.44. The van der Waals surface area contributed by atoms with Crippen LogP contribution in [0.25, 0.3) is 0 Å². The summed E-state index contributed by atoms with van der Waals surface area (Å²) in [6.45, 7) is 0. The van der Waals surface area contributed by atoms with E-state index >= 15 is 0 Å². The minimum absolute atomic E-state index is 0.236. The second-order valence-corrected chi connectivity index (χ2v) is 5.68. The monoisotopic (exact) mass is 389 g/mol. The molecule has 0 saturated carbocycles. The lowest BCUT2D eigenvalue weighted by molar-refractivity contribution is 0.102. The standard InChI is InChI=1S/C13H9ClINOS/c14-10-6-5-8(18)7-9(10)13(17)16-12-4-2-1-3-11(12)15/h1-7,18H,(H,16,17). The molecule has 5 heteroatoms. The lowest BCUT2D eigenvalue weighted by Gasteiger charge is -2.08. The van der Waals surface area contributed by atoms with Gasteiger partial charge in [0.25, 0.3) is 5.91 Å². The van der Waals surface area contributed by atoms with Crippen molar-refractivity contribution in [3.8, 4) is 0 Å². The molecule has 0 aliphatic carbocycles. The van der Waals surface area contributed by atoms with Gasteiger partial charge in [0.05, 0.1) is 16.3 Å². The second-order valence-electron chi connectivity index (χ2n) is 3.60. The van der Waals surface area contributed by atoms with Gasteiger partial charge in [0.2, 0.25) is 0 Å². The number of rotatable bonds is 2. The Kier molecular flexibility index (Phi) is 4.53. The molecule has 1 amide bonds. The zero-order valence-corrected chi connectivity index (χ0v) is 13.0. The largest absolute Gasteiger partial charge is 0.321 e. The van der Waals surface area contributed by atoms with Gasteiger partial charge >= 0.3 is 0 Å². The van der Waals surface area contributed by atoms with E-state index in [0.29, 0.717) is 15.5 Å². The highest BCUT2D eigenvalue weighted by atomic mass is 127. The summed E-state index contributed by atoms with van der Waals surface area (Å²) in [7, 11) is 0. The molecule has 0 bridgehead atoms. The van der Waals surface area contributed by atoms with Crippen molar-refractivity contribution in [3.05, 3.63) is 56.6 Å². The molecule has 2 rings (SSSR count). The minimum Gasteiger partial charge on any atom is -0.321 e. The number of anilines is 1. The van der Waals surface area contributed by atoms with Crippen LogP contribution in [0.2, 0.25) is 5.02 Å². The molecule has 0 fully saturated rings. The Balaban J connectivity index is 2.28. The van der Waals surface area contributed by atoms with Crippen molar-refractivity contribution < 1.29 is 4.79 Å². The van der Waals surface area contributed by atoms with Crippen molar-refractivity contribution in [2.24, 2.45) is 0 Å². The maximum absolute atomic E-state index is 12.1. The van der Waals surface area contributed by atoms with E-state index in [4.69, 9.17) is 11.6 Å². The Morgan fingerprint density at radius 3 is 2.67 bits per heavy atom. The number of carbonyl (C=O) groups is 1. The lowest BCUT2D eigenvalue weighted by atomic mass is 10.2. The fourth-order valence-corrected chi connectivity index (χ4v) is 2.37. The summed E-state index contributed by atoms with van der Waals surface area (Å²) in [6, 6.07) is 12.6. The average Bonchev–Trinajstić information content (AvgIpc) is 2.35. The summed E-state index contributed by atoms with van der Waals surface area (Å²) in [6.07, 6.45) is 0. The topological polar surface area (TPSA) is 29.1 Å². The molecule has 2 nitrogen and oxygen atoms in total. The number of benzene rings is 2. The van der Waals surface area contributed by atoms with Gasteiger partial charge in [-0.15, -0.1) is 12.6 Å². The van der Waals surface area contributed by atoms with Crippen LogP contribution in [0.5, 0.6) is 0 Å². The lowest BCUT2D eigenvalue weighted by Crippen LogP contribution is -2.13. The summed E-state index contributed by atoms with van der Waals surface area (Å²) >= 11 is 12.4. The van der Waals surface area contributed by atoms with Crippen LogP contribution in [-0.4, -0.2) is 5.91 Å². The molecule has 0 aliphatic heterocycles. The Morgan fingerprint density at radius 2 is 1.94 bits per heavy atom. The van der Waals surface area contributed by atoms with Gasteiger partial charge in [-0.3, -0.25) is 4.79 Å². The van der Waals surface area contributed by atoms with Crippen LogP contribution < -0.4 is 5.32 Å². The van der Waals surface area contributed by atoms with Crippen LogP contribution in [0.4, 0.5) is 5.69 Å². The number of hydrogen-bond donors (Lipinski definition) is 2. The molecule has 2 aromatic rings. The molecule has 0 saturated heterocycles. The Labute approximate surface area is 129 Å². The highest BCUT2D eigenvalue weighted by Crippen LogP contribution is 2.22. The first kappa shape index (κ1) is 13.7. The number of nitrogens with one attached hydrogen (secondary N) is 1. The molecular weight excluding hydrogens is 381 g/mol. The summed E-state index contributed by atoms with van der Waals surface area (Å²) in [4.78, 5) is 12.8. The molecule has 0 spiro atoms. The normalized spacial score (nSPS) is 10.2. The number of halogens is 2. The van der Waals surface area contributed by atoms with Gasteiger partial charge in [0.1, 0.15) is 0 Å². The highest BCUT2D eigenvalue weighted by molar-refractivity contribution is 14.1. The van der Waals surface area contributed by atoms with Crippen molar-refractivity contribution in [1.29, 1.82) is 0 Å².